The lowest BCUT2D eigenvalue weighted by atomic mass is 9.74. The van der Waals surface area contributed by atoms with Crippen molar-refractivity contribution in [3.8, 4) is 17.9 Å². The highest BCUT2D eigenvalue weighted by Crippen LogP contribution is 2.39. The van der Waals surface area contributed by atoms with Gasteiger partial charge < -0.3 is 14.4 Å². The molecule has 174 valence electrons. The maximum atomic E-state index is 9.48. The molecule has 0 N–H and O–H groups in total. The Morgan fingerprint density at radius 2 is 1.59 bits per heavy atom. The number of rotatable bonds is 5. The average Bonchev–Trinajstić information content (AvgIpc) is 2.68. The summed E-state index contributed by atoms with van der Waals surface area (Å²) >= 11 is 0. The zero-order chi connectivity index (χ0) is 23.4. The Balaban J connectivity index is 1.51. The minimum Gasteiger partial charge on any atom is -0.373 e. The summed E-state index contributed by atoms with van der Waals surface area (Å²) < 4.78 is 11.8. The molecule has 0 unspecified atom stereocenters. The summed E-state index contributed by atoms with van der Waals surface area (Å²) in [6.45, 7) is 15.0. The SMILES string of the molecule is CC(C)(C)OCC#Cc1cc(C#N)cc(N2CCC(CC3CC(OC(C)(C)C)C3)CC2)c1. The van der Waals surface area contributed by atoms with E-state index in [1.54, 1.807) is 0 Å². The topological polar surface area (TPSA) is 45.5 Å². The van der Waals surface area contributed by atoms with E-state index < -0.39 is 0 Å². The van der Waals surface area contributed by atoms with Crippen molar-refractivity contribution >= 4 is 5.69 Å². The van der Waals surface area contributed by atoms with E-state index in [-0.39, 0.29) is 11.2 Å². The molecule has 0 spiro atoms. The van der Waals surface area contributed by atoms with Crippen LogP contribution in [0.4, 0.5) is 5.69 Å². The molecule has 1 saturated heterocycles. The third-order valence-corrected chi connectivity index (χ3v) is 6.22. The molecule has 0 amide bonds. The number of hydrogen-bond donors (Lipinski definition) is 0. The Hall–Kier alpha value is -2.01. The van der Waals surface area contributed by atoms with Crippen LogP contribution in [-0.2, 0) is 9.47 Å². The second kappa shape index (κ2) is 10.3. The lowest BCUT2D eigenvalue weighted by Crippen LogP contribution is -2.40. The maximum absolute atomic E-state index is 9.48. The molecule has 2 fully saturated rings. The molecule has 0 atom stereocenters. The Morgan fingerprint density at radius 1 is 0.938 bits per heavy atom. The van der Waals surface area contributed by atoms with Crippen LogP contribution < -0.4 is 4.90 Å². The number of nitrogens with zero attached hydrogens (tertiary/aromatic N) is 2. The van der Waals surface area contributed by atoms with Gasteiger partial charge in [0.15, 0.2) is 0 Å². The van der Waals surface area contributed by atoms with Crippen LogP contribution in [0.2, 0.25) is 0 Å². The van der Waals surface area contributed by atoms with Crippen molar-refractivity contribution in [3.63, 3.8) is 0 Å². The van der Waals surface area contributed by atoms with Crippen LogP contribution in [0.3, 0.4) is 0 Å². The van der Waals surface area contributed by atoms with Crippen LogP contribution in [-0.4, -0.2) is 37.0 Å². The molecule has 1 heterocycles. The molecule has 1 aliphatic carbocycles. The molecular weight excluding hydrogens is 396 g/mol. The first-order chi connectivity index (χ1) is 15.0. The standard InChI is InChI=1S/C28H40N2O2/c1-27(2,3)31-13-7-8-22-15-24(20-29)17-25(16-22)30-11-9-21(10-12-30)14-23-18-26(19-23)32-28(4,5)6/h15-17,21,23,26H,9-14,18-19H2,1-6H3. The summed E-state index contributed by atoms with van der Waals surface area (Å²) in [5.74, 6) is 7.90. The van der Waals surface area contributed by atoms with Crippen molar-refractivity contribution in [2.24, 2.45) is 11.8 Å². The Morgan fingerprint density at radius 3 is 2.19 bits per heavy atom. The zero-order valence-corrected chi connectivity index (χ0v) is 20.8. The smallest absolute Gasteiger partial charge is 0.108 e. The van der Waals surface area contributed by atoms with Gasteiger partial charge in [-0.2, -0.15) is 5.26 Å². The van der Waals surface area contributed by atoms with Crippen LogP contribution in [0.25, 0.3) is 0 Å². The van der Waals surface area contributed by atoms with Gasteiger partial charge in [-0.15, -0.1) is 0 Å². The minimum absolute atomic E-state index is 0.0260. The van der Waals surface area contributed by atoms with Crippen LogP contribution in [0.15, 0.2) is 18.2 Å². The third-order valence-electron chi connectivity index (χ3n) is 6.22. The minimum atomic E-state index is -0.196. The fourth-order valence-electron chi connectivity index (χ4n) is 4.68. The lowest BCUT2D eigenvalue weighted by molar-refractivity contribution is -0.115. The second-order valence-electron chi connectivity index (χ2n) is 11.4. The number of ether oxygens (including phenoxy) is 2. The van der Waals surface area contributed by atoms with Gasteiger partial charge in [-0.05, 0) is 104 Å². The molecule has 32 heavy (non-hydrogen) atoms. The van der Waals surface area contributed by atoms with Gasteiger partial charge in [0, 0.05) is 24.3 Å². The number of benzene rings is 1. The van der Waals surface area contributed by atoms with E-state index in [0.29, 0.717) is 18.3 Å². The number of piperidine rings is 1. The number of hydrogen-bond acceptors (Lipinski definition) is 4. The summed E-state index contributed by atoms with van der Waals surface area (Å²) in [5.41, 5.74) is 2.45. The van der Waals surface area contributed by atoms with Crippen molar-refractivity contribution in [2.75, 3.05) is 24.6 Å². The van der Waals surface area contributed by atoms with Gasteiger partial charge >= 0.3 is 0 Å². The largest absolute Gasteiger partial charge is 0.373 e. The lowest BCUT2D eigenvalue weighted by Gasteiger charge is -2.42. The van der Waals surface area contributed by atoms with E-state index in [1.165, 1.54) is 32.1 Å². The average molecular weight is 437 g/mol. The zero-order valence-electron chi connectivity index (χ0n) is 20.8. The van der Waals surface area contributed by atoms with Crippen LogP contribution in [0, 0.1) is 35.0 Å². The van der Waals surface area contributed by atoms with Crippen molar-refractivity contribution in [2.45, 2.75) is 91.0 Å². The molecule has 2 aliphatic rings. The molecule has 0 radical (unpaired) electrons. The van der Waals surface area contributed by atoms with E-state index >= 15 is 0 Å². The quantitative estimate of drug-likeness (QED) is 0.537. The second-order valence-corrected chi connectivity index (χ2v) is 11.4. The maximum Gasteiger partial charge on any atom is 0.108 e. The predicted molar refractivity (Wildman–Crippen MR) is 131 cm³/mol. The van der Waals surface area contributed by atoms with E-state index in [1.807, 2.05) is 32.9 Å². The molecule has 1 aliphatic heterocycles. The molecule has 0 bridgehead atoms. The molecule has 4 heteroatoms. The van der Waals surface area contributed by atoms with E-state index in [2.05, 4.69) is 49.6 Å². The molecule has 3 rings (SSSR count). The molecule has 1 aromatic rings. The highest BCUT2D eigenvalue weighted by molar-refractivity contribution is 5.57. The van der Waals surface area contributed by atoms with Gasteiger partial charge in [0.1, 0.15) is 6.61 Å². The monoisotopic (exact) mass is 436 g/mol. The van der Waals surface area contributed by atoms with E-state index in [0.717, 1.165) is 36.2 Å². The van der Waals surface area contributed by atoms with Crippen molar-refractivity contribution in [1.29, 1.82) is 5.26 Å². The van der Waals surface area contributed by atoms with E-state index in [4.69, 9.17) is 9.47 Å². The van der Waals surface area contributed by atoms with Crippen LogP contribution in [0.5, 0.6) is 0 Å². The number of anilines is 1. The molecule has 1 aromatic carbocycles. The first kappa shape index (κ1) is 24.6. The summed E-state index contributed by atoms with van der Waals surface area (Å²) in [6, 6.07) is 8.28. The summed E-state index contributed by atoms with van der Waals surface area (Å²) in [6.07, 6.45) is 6.69. The first-order valence-electron chi connectivity index (χ1n) is 12.1. The Bertz CT molecular complexity index is 862. The summed E-state index contributed by atoms with van der Waals surface area (Å²) in [7, 11) is 0. The van der Waals surface area contributed by atoms with E-state index in [9.17, 15) is 5.26 Å². The third kappa shape index (κ3) is 7.84. The van der Waals surface area contributed by atoms with Gasteiger partial charge in [-0.1, -0.05) is 11.8 Å². The van der Waals surface area contributed by atoms with Gasteiger partial charge in [-0.3, -0.25) is 0 Å². The molecule has 4 nitrogen and oxygen atoms in total. The highest BCUT2D eigenvalue weighted by atomic mass is 16.5. The fourth-order valence-corrected chi connectivity index (χ4v) is 4.68. The highest BCUT2D eigenvalue weighted by Gasteiger charge is 2.34. The normalized spacial score (nSPS) is 22.0. The van der Waals surface area contributed by atoms with Gasteiger partial charge in [-0.25, -0.2) is 0 Å². The van der Waals surface area contributed by atoms with Gasteiger partial charge in [0.25, 0.3) is 0 Å². The molecule has 0 aromatic heterocycles. The molecule has 1 saturated carbocycles. The van der Waals surface area contributed by atoms with Gasteiger partial charge in [0.2, 0.25) is 0 Å². The number of nitriles is 1. The summed E-state index contributed by atoms with van der Waals surface area (Å²) in [4.78, 5) is 2.42. The van der Waals surface area contributed by atoms with Crippen molar-refractivity contribution < 1.29 is 9.47 Å². The fraction of sp³-hybridized carbons (Fsp3) is 0.679. The summed E-state index contributed by atoms with van der Waals surface area (Å²) in [5, 5.41) is 9.48. The van der Waals surface area contributed by atoms with Gasteiger partial charge in [0.05, 0.1) is 28.9 Å². The predicted octanol–water partition coefficient (Wildman–Crippen LogP) is 5.93. The van der Waals surface area contributed by atoms with Crippen molar-refractivity contribution in [1.82, 2.24) is 0 Å². The Labute approximate surface area is 195 Å². The first-order valence-corrected chi connectivity index (χ1v) is 12.1. The molecular formula is C28H40N2O2. The Kier molecular flexibility index (Phi) is 7.92. The van der Waals surface area contributed by atoms with Crippen LogP contribution in [0.1, 0.15) is 84.8 Å². The van der Waals surface area contributed by atoms with Crippen LogP contribution >= 0.6 is 0 Å². The van der Waals surface area contributed by atoms with Crippen molar-refractivity contribution in [3.05, 3.63) is 29.3 Å².